The second-order valence-electron chi connectivity index (χ2n) is 9.18. The van der Waals surface area contributed by atoms with Crippen LogP contribution in [0.1, 0.15) is 53.0 Å². The molecule has 2 heterocycles. The van der Waals surface area contributed by atoms with Gasteiger partial charge in [0.05, 0.1) is 0 Å². The van der Waals surface area contributed by atoms with Crippen LogP contribution in [0.2, 0.25) is 0 Å². The van der Waals surface area contributed by atoms with E-state index in [-0.39, 0.29) is 36.5 Å². The Morgan fingerprint density at radius 2 is 1.68 bits per heavy atom. The lowest BCUT2D eigenvalue weighted by molar-refractivity contribution is -0.125. The van der Waals surface area contributed by atoms with Gasteiger partial charge in [0.15, 0.2) is 11.5 Å². The van der Waals surface area contributed by atoms with Gasteiger partial charge in [0.1, 0.15) is 6.04 Å². The maximum atomic E-state index is 13.0. The highest BCUT2D eigenvalue weighted by Crippen LogP contribution is 2.32. The van der Waals surface area contributed by atoms with Crippen molar-refractivity contribution in [3.63, 3.8) is 0 Å². The lowest BCUT2D eigenvalue weighted by atomic mass is 9.88. The van der Waals surface area contributed by atoms with Crippen LogP contribution in [0.4, 0.5) is 0 Å². The number of carbonyl (C=O) groups excluding carboxylic acids is 3. The number of nitrogens with zero attached hydrogens (tertiary/aromatic N) is 1. The Balaban J connectivity index is 1.44. The minimum absolute atomic E-state index is 0.00488. The standard InChI is InChI=1S/C26H31N3O5/c1-16(2)27-25(31)23(28-24(30)19-7-8-21-22(14-19)34-15-33-21)18-9-11-29(12-10-18)26(32)20-6-4-5-17(3)13-20/h4-8,13-14,16,18,23H,9-12,15H2,1-3H3,(H,27,31)(H,28,30)/t23-/m1/s1. The summed E-state index contributed by atoms with van der Waals surface area (Å²) >= 11 is 0. The highest BCUT2D eigenvalue weighted by atomic mass is 16.7. The van der Waals surface area contributed by atoms with Crippen LogP contribution >= 0.6 is 0 Å². The second-order valence-corrected chi connectivity index (χ2v) is 9.18. The molecule has 1 fully saturated rings. The summed E-state index contributed by atoms with van der Waals surface area (Å²) in [7, 11) is 0. The van der Waals surface area contributed by atoms with E-state index in [0.29, 0.717) is 48.6 Å². The van der Waals surface area contributed by atoms with Crippen molar-refractivity contribution >= 4 is 17.7 Å². The van der Waals surface area contributed by atoms with Crippen LogP contribution in [0.25, 0.3) is 0 Å². The van der Waals surface area contributed by atoms with Gasteiger partial charge in [-0.1, -0.05) is 17.7 Å². The van der Waals surface area contributed by atoms with Gasteiger partial charge in [-0.3, -0.25) is 14.4 Å². The van der Waals surface area contributed by atoms with Crippen molar-refractivity contribution in [1.29, 1.82) is 0 Å². The van der Waals surface area contributed by atoms with E-state index in [2.05, 4.69) is 10.6 Å². The molecule has 4 rings (SSSR count). The van der Waals surface area contributed by atoms with Crippen LogP contribution in [0.3, 0.4) is 0 Å². The zero-order valence-electron chi connectivity index (χ0n) is 19.8. The largest absolute Gasteiger partial charge is 0.454 e. The highest BCUT2D eigenvalue weighted by Gasteiger charge is 2.34. The number of carbonyl (C=O) groups is 3. The molecule has 0 bridgehead atoms. The van der Waals surface area contributed by atoms with Crippen molar-refractivity contribution < 1.29 is 23.9 Å². The monoisotopic (exact) mass is 465 g/mol. The van der Waals surface area contributed by atoms with Gasteiger partial charge in [-0.2, -0.15) is 0 Å². The number of ether oxygens (including phenoxy) is 2. The zero-order valence-corrected chi connectivity index (χ0v) is 19.8. The van der Waals surface area contributed by atoms with Gasteiger partial charge >= 0.3 is 0 Å². The summed E-state index contributed by atoms with van der Waals surface area (Å²) in [5, 5.41) is 5.86. The van der Waals surface area contributed by atoms with Crippen LogP contribution in [0.15, 0.2) is 42.5 Å². The summed E-state index contributed by atoms with van der Waals surface area (Å²) < 4.78 is 10.7. The number of benzene rings is 2. The highest BCUT2D eigenvalue weighted by molar-refractivity contribution is 5.98. The Morgan fingerprint density at radius 1 is 0.941 bits per heavy atom. The molecule has 3 amide bonds. The third-order valence-corrected chi connectivity index (χ3v) is 6.20. The van der Waals surface area contributed by atoms with Crippen LogP contribution in [0, 0.1) is 12.8 Å². The molecule has 1 atom stereocenters. The molecule has 0 aromatic heterocycles. The fourth-order valence-corrected chi connectivity index (χ4v) is 4.43. The van der Waals surface area contributed by atoms with Gasteiger partial charge in [-0.15, -0.1) is 0 Å². The summed E-state index contributed by atoms with van der Waals surface area (Å²) in [6.07, 6.45) is 1.24. The number of hydrogen-bond acceptors (Lipinski definition) is 5. The third-order valence-electron chi connectivity index (χ3n) is 6.20. The molecule has 2 aliphatic heterocycles. The van der Waals surface area contributed by atoms with Crippen molar-refractivity contribution in [2.45, 2.75) is 45.7 Å². The van der Waals surface area contributed by atoms with Crippen molar-refractivity contribution in [3.8, 4) is 11.5 Å². The molecule has 0 unspecified atom stereocenters. The molecular formula is C26H31N3O5. The molecule has 0 radical (unpaired) electrons. The summed E-state index contributed by atoms with van der Waals surface area (Å²) in [6, 6.07) is 11.8. The number of rotatable bonds is 6. The Hall–Kier alpha value is -3.55. The molecular weight excluding hydrogens is 434 g/mol. The molecule has 8 heteroatoms. The van der Waals surface area contributed by atoms with E-state index in [1.165, 1.54) is 0 Å². The van der Waals surface area contributed by atoms with Crippen LogP contribution in [0.5, 0.6) is 11.5 Å². The Morgan fingerprint density at radius 3 is 2.38 bits per heavy atom. The van der Waals surface area contributed by atoms with E-state index in [1.807, 2.05) is 49.9 Å². The van der Waals surface area contributed by atoms with Crippen LogP contribution < -0.4 is 20.1 Å². The number of fused-ring (bicyclic) bond motifs is 1. The molecule has 34 heavy (non-hydrogen) atoms. The zero-order chi connectivity index (χ0) is 24.2. The Bertz CT molecular complexity index is 1080. The van der Waals surface area contributed by atoms with Crippen LogP contribution in [-0.4, -0.2) is 54.6 Å². The average Bonchev–Trinajstić information content (AvgIpc) is 3.29. The van der Waals surface area contributed by atoms with Crippen molar-refractivity contribution in [2.24, 2.45) is 5.92 Å². The van der Waals surface area contributed by atoms with Crippen molar-refractivity contribution in [3.05, 3.63) is 59.2 Å². The molecule has 0 saturated carbocycles. The minimum Gasteiger partial charge on any atom is -0.454 e. The lowest BCUT2D eigenvalue weighted by Gasteiger charge is -2.36. The Kier molecular flexibility index (Phi) is 7.05. The molecule has 0 spiro atoms. The second kappa shape index (κ2) is 10.2. The number of nitrogens with one attached hydrogen (secondary N) is 2. The number of likely N-dealkylation sites (tertiary alicyclic amines) is 1. The number of hydrogen-bond donors (Lipinski definition) is 2. The molecule has 8 nitrogen and oxygen atoms in total. The minimum atomic E-state index is -0.698. The van der Waals surface area contributed by atoms with Gasteiger partial charge in [0.25, 0.3) is 11.8 Å². The first kappa shape index (κ1) is 23.6. The number of aryl methyl sites for hydroxylation is 1. The summed E-state index contributed by atoms with van der Waals surface area (Å²) in [5.41, 5.74) is 2.11. The lowest BCUT2D eigenvalue weighted by Crippen LogP contribution is -2.54. The first-order valence-corrected chi connectivity index (χ1v) is 11.7. The van der Waals surface area contributed by atoms with Gasteiger partial charge in [0, 0.05) is 30.3 Å². The number of piperidine rings is 1. The Labute approximate surface area is 199 Å². The van der Waals surface area contributed by atoms with Crippen molar-refractivity contribution in [2.75, 3.05) is 19.9 Å². The SMILES string of the molecule is Cc1cccc(C(=O)N2CCC([C@@H](NC(=O)c3ccc4c(c3)OCO4)C(=O)NC(C)C)CC2)c1. The molecule has 2 aliphatic rings. The molecule has 2 aromatic carbocycles. The maximum absolute atomic E-state index is 13.0. The smallest absolute Gasteiger partial charge is 0.253 e. The van der Waals surface area contributed by atoms with E-state index in [9.17, 15) is 14.4 Å². The molecule has 2 N–H and O–H groups in total. The van der Waals surface area contributed by atoms with Gasteiger partial charge in [-0.05, 0) is 69.9 Å². The first-order valence-electron chi connectivity index (χ1n) is 11.7. The molecule has 180 valence electrons. The molecule has 1 saturated heterocycles. The van der Waals surface area contributed by atoms with Crippen LogP contribution in [-0.2, 0) is 4.79 Å². The van der Waals surface area contributed by atoms with E-state index in [1.54, 1.807) is 18.2 Å². The fraction of sp³-hybridized carbons (Fsp3) is 0.423. The van der Waals surface area contributed by atoms with E-state index < -0.39 is 6.04 Å². The third kappa shape index (κ3) is 5.32. The predicted molar refractivity (Wildman–Crippen MR) is 127 cm³/mol. The van der Waals surface area contributed by atoms with Gasteiger partial charge in [-0.25, -0.2) is 0 Å². The van der Waals surface area contributed by atoms with E-state index in [4.69, 9.17) is 9.47 Å². The maximum Gasteiger partial charge on any atom is 0.253 e. The quantitative estimate of drug-likeness (QED) is 0.684. The predicted octanol–water partition coefficient (Wildman–Crippen LogP) is 2.90. The van der Waals surface area contributed by atoms with Gasteiger partial charge in [0.2, 0.25) is 12.7 Å². The van der Waals surface area contributed by atoms with Gasteiger partial charge < -0.3 is 25.0 Å². The van der Waals surface area contributed by atoms with Crippen molar-refractivity contribution in [1.82, 2.24) is 15.5 Å². The molecule has 0 aliphatic carbocycles. The fourth-order valence-electron chi connectivity index (χ4n) is 4.43. The summed E-state index contributed by atoms with van der Waals surface area (Å²) in [4.78, 5) is 40.8. The topological polar surface area (TPSA) is 97.0 Å². The normalized spacial score (nSPS) is 16.3. The van der Waals surface area contributed by atoms with E-state index in [0.717, 1.165) is 5.56 Å². The average molecular weight is 466 g/mol. The summed E-state index contributed by atoms with van der Waals surface area (Å²) in [5.74, 6) is 0.455. The summed E-state index contributed by atoms with van der Waals surface area (Å²) in [6.45, 7) is 6.92. The molecule has 2 aromatic rings. The number of amides is 3. The van der Waals surface area contributed by atoms with E-state index >= 15 is 0 Å². The first-order chi connectivity index (χ1) is 16.3.